The van der Waals surface area contributed by atoms with Gasteiger partial charge >= 0.3 is 6.09 Å². The summed E-state index contributed by atoms with van der Waals surface area (Å²) in [6.07, 6.45) is 4.08. The number of ether oxygens (including phenoxy) is 3. The van der Waals surface area contributed by atoms with Gasteiger partial charge in [-0.15, -0.1) is 0 Å². The summed E-state index contributed by atoms with van der Waals surface area (Å²) in [5.74, 6) is 0.689. The quantitative estimate of drug-likeness (QED) is 0.450. The Bertz CT molecular complexity index is 1240. The number of benzene rings is 1. The lowest BCUT2D eigenvalue weighted by atomic mass is 9.85. The third-order valence-corrected chi connectivity index (χ3v) is 9.07. The van der Waals surface area contributed by atoms with Gasteiger partial charge < -0.3 is 24.0 Å². The summed E-state index contributed by atoms with van der Waals surface area (Å²) in [5.41, 5.74) is 0.735. The maximum atomic E-state index is 13.2. The molecule has 11 heteroatoms. The van der Waals surface area contributed by atoms with Gasteiger partial charge in [-0.05, 0) is 71.9 Å². The van der Waals surface area contributed by atoms with E-state index in [1.54, 1.807) is 19.2 Å². The number of likely N-dealkylation sites (tertiary alicyclic amines) is 1. The van der Waals surface area contributed by atoms with Gasteiger partial charge in [0.1, 0.15) is 17.7 Å². The van der Waals surface area contributed by atoms with E-state index in [2.05, 4.69) is 24.1 Å². The lowest BCUT2D eigenvalue weighted by Crippen LogP contribution is -2.54. The van der Waals surface area contributed by atoms with Gasteiger partial charge in [-0.1, -0.05) is 0 Å². The largest absolute Gasteiger partial charge is 0.492 e. The molecule has 0 bridgehead atoms. The third kappa shape index (κ3) is 6.76. The number of methoxy groups -OCH3 is 1. The van der Waals surface area contributed by atoms with Crippen LogP contribution in [-0.2, 0) is 20.9 Å². The Morgan fingerprint density at radius 3 is 2.40 bits per heavy atom. The summed E-state index contributed by atoms with van der Waals surface area (Å²) in [5, 5.41) is 2.34. The summed E-state index contributed by atoms with van der Waals surface area (Å²) in [6.45, 7) is 12.8. The Labute approximate surface area is 254 Å². The van der Waals surface area contributed by atoms with E-state index in [-0.39, 0.29) is 37.0 Å². The molecular formula is C32H46N4O7. The second-order valence-electron chi connectivity index (χ2n) is 13.6. The number of carbonyl (C=O) groups excluding carboxylic acids is 4. The van der Waals surface area contributed by atoms with E-state index < -0.39 is 17.6 Å². The minimum atomic E-state index is -0.675. The smallest absolute Gasteiger partial charge is 0.410 e. The van der Waals surface area contributed by atoms with Crippen LogP contribution in [0.5, 0.6) is 11.5 Å². The fraction of sp³-hybridized carbons (Fsp3) is 0.688. The van der Waals surface area contributed by atoms with E-state index in [9.17, 15) is 19.2 Å². The van der Waals surface area contributed by atoms with Crippen molar-refractivity contribution in [2.75, 3.05) is 26.7 Å². The van der Waals surface area contributed by atoms with Gasteiger partial charge in [-0.3, -0.25) is 24.6 Å². The van der Waals surface area contributed by atoms with Crippen LogP contribution >= 0.6 is 0 Å². The third-order valence-electron chi connectivity index (χ3n) is 9.07. The zero-order chi connectivity index (χ0) is 31.1. The average Bonchev–Trinajstić information content (AvgIpc) is 3.24. The summed E-state index contributed by atoms with van der Waals surface area (Å²) in [6, 6.07) is 3.68. The summed E-state index contributed by atoms with van der Waals surface area (Å²) in [4.78, 5) is 55.6. The Morgan fingerprint density at radius 1 is 1.09 bits per heavy atom. The Hall–Kier alpha value is -3.34. The van der Waals surface area contributed by atoms with E-state index in [4.69, 9.17) is 14.2 Å². The normalized spacial score (nSPS) is 24.7. The second kappa shape index (κ2) is 12.3. The number of hydrogen-bond donors (Lipinski definition) is 1. The number of hydrogen-bond acceptors (Lipinski definition) is 8. The highest BCUT2D eigenvalue weighted by molar-refractivity contribution is 6.05. The molecule has 5 rings (SSSR count). The van der Waals surface area contributed by atoms with Crippen molar-refractivity contribution >= 4 is 23.8 Å². The molecule has 1 saturated carbocycles. The molecule has 236 valence electrons. The van der Waals surface area contributed by atoms with Crippen molar-refractivity contribution in [1.29, 1.82) is 0 Å². The molecule has 4 amide bonds. The van der Waals surface area contributed by atoms with Crippen LogP contribution in [0.25, 0.3) is 0 Å². The number of amides is 4. The van der Waals surface area contributed by atoms with Crippen LogP contribution in [0, 0.1) is 5.92 Å². The molecule has 1 aromatic rings. The first kappa shape index (κ1) is 31.1. The van der Waals surface area contributed by atoms with Gasteiger partial charge in [-0.2, -0.15) is 0 Å². The predicted octanol–water partition coefficient (Wildman–Crippen LogP) is 3.72. The van der Waals surface area contributed by atoms with Crippen LogP contribution < -0.4 is 14.8 Å². The van der Waals surface area contributed by atoms with Crippen molar-refractivity contribution in [2.45, 2.75) is 110 Å². The van der Waals surface area contributed by atoms with E-state index in [0.29, 0.717) is 47.0 Å². The summed E-state index contributed by atoms with van der Waals surface area (Å²) < 4.78 is 17.7. The van der Waals surface area contributed by atoms with Gasteiger partial charge in [0.25, 0.3) is 5.91 Å². The van der Waals surface area contributed by atoms with Gasteiger partial charge in [0.2, 0.25) is 11.8 Å². The summed E-state index contributed by atoms with van der Waals surface area (Å²) >= 11 is 0. The lowest BCUT2D eigenvalue weighted by Gasteiger charge is -2.46. The maximum Gasteiger partial charge on any atom is 0.410 e. The van der Waals surface area contributed by atoms with Crippen LogP contribution in [0.4, 0.5) is 4.79 Å². The zero-order valence-electron chi connectivity index (χ0n) is 26.3. The minimum absolute atomic E-state index is 0.0376. The van der Waals surface area contributed by atoms with Crippen molar-refractivity contribution in [1.82, 2.24) is 20.0 Å². The first-order valence-electron chi connectivity index (χ1n) is 15.6. The van der Waals surface area contributed by atoms with Gasteiger partial charge in [0, 0.05) is 62.1 Å². The van der Waals surface area contributed by atoms with E-state index in [1.807, 2.05) is 25.7 Å². The van der Waals surface area contributed by atoms with E-state index >= 15 is 0 Å². The second-order valence-corrected chi connectivity index (χ2v) is 13.6. The highest BCUT2D eigenvalue weighted by atomic mass is 16.6. The number of rotatable bonds is 8. The molecule has 4 aliphatic rings. The molecule has 0 radical (unpaired) electrons. The Morgan fingerprint density at radius 2 is 1.79 bits per heavy atom. The molecular weight excluding hydrogens is 552 g/mol. The molecule has 3 heterocycles. The van der Waals surface area contributed by atoms with Crippen LogP contribution in [0.1, 0.15) is 89.1 Å². The topological polar surface area (TPSA) is 118 Å². The van der Waals surface area contributed by atoms with Crippen LogP contribution in [0.3, 0.4) is 0 Å². The molecule has 1 aromatic carbocycles. The first-order chi connectivity index (χ1) is 20.3. The molecule has 1 atom stereocenters. The molecule has 11 nitrogen and oxygen atoms in total. The van der Waals surface area contributed by atoms with Crippen molar-refractivity contribution in [3.8, 4) is 11.5 Å². The standard InChI is InChI=1S/C32H46N4O7/c1-19(2)35(17-20-11-13-34(14-12-20)31(40)43-32(3,4)5)21-15-22(16-21)42-26-9-7-23-24(28(26)41-6)18-36(30(23)39)25-8-10-27(37)33-29(25)38/h7,9,19-22,25H,8,10-18H2,1-6H3,(H,33,37,38)/t21-,22-,25?. The number of nitrogens with one attached hydrogen (secondary N) is 1. The van der Waals surface area contributed by atoms with Gasteiger partial charge in [0.15, 0.2) is 11.5 Å². The zero-order valence-corrected chi connectivity index (χ0v) is 26.3. The SMILES string of the molecule is COc1c(O[C@H]2C[C@H](N(CC3CCN(C(=O)OC(C)(C)C)CC3)C(C)C)C2)ccc2c1CN(C1CCC(=O)NC1=O)C2=O. The molecule has 3 aliphatic heterocycles. The van der Waals surface area contributed by atoms with Crippen molar-refractivity contribution in [2.24, 2.45) is 5.92 Å². The van der Waals surface area contributed by atoms with Crippen LogP contribution in [-0.4, -0.2) is 95.1 Å². The summed E-state index contributed by atoms with van der Waals surface area (Å²) in [7, 11) is 1.57. The van der Waals surface area contributed by atoms with Crippen molar-refractivity contribution < 1.29 is 33.4 Å². The molecule has 1 N–H and O–H groups in total. The molecule has 1 unspecified atom stereocenters. The van der Waals surface area contributed by atoms with E-state index in [0.717, 1.165) is 45.3 Å². The molecule has 0 aromatic heterocycles. The van der Waals surface area contributed by atoms with Crippen LogP contribution in [0.2, 0.25) is 0 Å². The molecule has 3 fully saturated rings. The number of fused-ring (bicyclic) bond motifs is 1. The predicted molar refractivity (Wildman–Crippen MR) is 159 cm³/mol. The van der Waals surface area contributed by atoms with Crippen molar-refractivity contribution in [3.05, 3.63) is 23.3 Å². The Kier molecular flexibility index (Phi) is 8.92. The van der Waals surface area contributed by atoms with Crippen LogP contribution in [0.15, 0.2) is 12.1 Å². The number of piperidine rings is 2. The van der Waals surface area contributed by atoms with Crippen molar-refractivity contribution in [3.63, 3.8) is 0 Å². The number of imide groups is 1. The Balaban J connectivity index is 1.16. The van der Waals surface area contributed by atoms with Gasteiger partial charge in [-0.25, -0.2) is 4.79 Å². The van der Waals surface area contributed by atoms with E-state index in [1.165, 1.54) is 4.90 Å². The van der Waals surface area contributed by atoms with Gasteiger partial charge in [0.05, 0.1) is 13.7 Å². The highest BCUT2D eigenvalue weighted by Crippen LogP contribution is 2.42. The number of carbonyl (C=O) groups is 4. The lowest BCUT2D eigenvalue weighted by molar-refractivity contribution is -0.136. The molecule has 1 aliphatic carbocycles. The number of nitrogens with zero attached hydrogens (tertiary/aromatic N) is 3. The molecule has 2 saturated heterocycles. The first-order valence-corrected chi connectivity index (χ1v) is 15.6. The highest BCUT2D eigenvalue weighted by Gasteiger charge is 2.42. The monoisotopic (exact) mass is 598 g/mol. The molecule has 43 heavy (non-hydrogen) atoms. The fourth-order valence-electron chi connectivity index (χ4n) is 6.70. The minimum Gasteiger partial charge on any atom is -0.492 e. The fourth-order valence-corrected chi connectivity index (χ4v) is 6.70. The molecule has 0 spiro atoms. The average molecular weight is 599 g/mol. The maximum absolute atomic E-state index is 13.2.